The molecule has 0 radical (unpaired) electrons. The maximum atomic E-state index is 14.8. The van der Waals surface area contributed by atoms with E-state index in [4.69, 9.17) is 0 Å². The molecule has 3 aromatic rings. The van der Waals surface area contributed by atoms with Gasteiger partial charge in [0.25, 0.3) is 0 Å². The van der Waals surface area contributed by atoms with E-state index >= 15 is 0 Å². The summed E-state index contributed by atoms with van der Waals surface area (Å²) < 4.78 is 84.4. The van der Waals surface area contributed by atoms with E-state index in [1.165, 1.54) is 28.6 Å². The molecular formula is C32H35F2N3O6S2. The van der Waals surface area contributed by atoms with Crippen LogP contribution >= 0.6 is 0 Å². The van der Waals surface area contributed by atoms with Crippen molar-refractivity contribution in [3.8, 4) is 11.1 Å². The SMILES string of the molecule is CC1(C)CCC(S(=O)(=O)c2ccc3c(c2)/C(=N/O)c2cc(S(=O)(=O)N4CCN(c5ccc(F)c(CO)c5F)CC4)ccc2-3)CC1. The van der Waals surface area contributed by atoms with E-state index in [2.05, 4.69) is 19.0 Å². The molecule has 45 heavy (non-hydrogen) atoms. The lowest BCUT2D eigenvalue weighted by Crippen LogP contribution is -2.49. The summed E-state index contributed by atoms with van der Waals surface area (Å²) in [6, 6.07) is 11.6. The van der Waals surface area contributed by atoms with E-state index in [1.54, 1.807) is 23.1 Å². The van der Waals surface area contributed by atoms with Crippen molar-refractivity contribution in [2.75, 3.05) is 31.1 Å². The average molecular weight is 660 g/mol. The molecule has 0 aromatic heterocycles. The van der Waals surface area contributed by atoms with Crippen LogP contribution in [0.4, 0.5) is 14.5 Å². The standard InChI is InChI=1S/C32H35F2N3O6S2/c1-32(2)11-9-20(10-12-32)44(40,41)21-3-5-23-24-6-4-22(18-26(24)31(35-39)25(23)17-21)45(42,43)37-15-13-36(14-16-37)29-8-7-28(33)27(19-38)30(29)34/h3-8,17-18,20,38-39H,9-16,19H2,1-2H3/b35-31-. The Hall–Kier alpha value is -3.39. The Morgan fingerprint density at radius 1 is 0.844 bits per heavy atom. The maximum Gasteiger partial charge on any atom is 0.243 e. The third-order valence-electron chi connectivity index (χ3n) is 9.48. The van der Waals surface area contributed by atoms with Crippen LogP contribution in [0.15, 0.2) is 63.5 Å². The number of halogens is 2. The number of aliphatic hydroxyl groups is 1. The van der Waals surface area contributed by atoms with Crippen LogP contribution in [0.2, 0.25) is 0 Å². The van der Waals surface area contributed by atoms with Crippen molar-refractivity contribution in [1.82, 2.24) is 4.31 Å². The lowest BCUT2D eigenvalue weighted by atomic mass is 9.77. The molecule has 2 fully saturated rings. The molecule has 0 spiro atoms. The number of anilines is 1. The van der Waals surface area contributed by atoms with Crippen LogP contribution in [-0.4, -0.2) is 68.6 Å². The summed E-state index contributed by atoms with van der Waals surface area (Å²) in [5.41, 5.74) is 1.90. The van der Waals surface area contributed by atoms with Crippen LogP contribution in [0.1, 0.15) is 56.2 Å². The van der Waals surface area contributed by atoms with Crippen molar-refractivity contribution in [2.24, 2.45) is 10.6 Å². The van der Waals surface area contributed by atoms with Gasteiger partial charge in [0, 0.05) is 37.3 Å². The quantitative estimate of drug-likeness (QED) is 0.222. The number of nitrogens with zero attached hydrogens (tertiary/aromatic N) is 3. The Morgan fingerprint density at radius 2 is 1.42 bits per heavy atom. The Kier molecular flexibility index (Phi) is 8.03. The van der Waals surface area contributed by atoms with Gasteiger partial charge in [-0.1, -0.05) is 31.1 Å². The topological polar surface area (TPSA) is 128 Å². The molecule has 0 amide bonds. The monoisotopic (exact) mass is 659 g/mol. The second-order valence-electron chi connectivity index (χ2n) is 12.7. The number of sulfone groups is 1. The Bertz CT molecular complexity index is 1910. The van der Waals surface area contributed by atoms with Gasteiger partial charge in [-0.15, -0.1) is 0 Å². The zero-order valence-corrected chi connectivity index (χ0v) is 26.6. The highest BCUT2D eigenvalue weighted by Gasteiger charge is 2.37. The molecule has 2 aliphatic carbocycles. The van der Waals surface area contributed by atoms with Gasteiger partial charge in [0.1, 0.15) is 11.5 Å². The molecule has 0 bridgehead atoms. The normalized spacial score (nSPS) is 19.9. The largest absolute Gasteiger partial charge is 0.410 e. The molecule has 6 rings (SSSR count). The van der Waals surface area contributed by atoms with E-state index in [0.717, 1.165) is 18.9 Å². The first-order valence-corrected chi connectivity index (χ1v) is 17.8. The number of fused-ring (bicyclic) bond motifs is 3. The van der Waals surface area contributed by atoms with Crippen molar-refractivity contribution in [1.29, 1.82) is 0 Å². The van der Waals surface area contributed by atoms with E-state index in [-0.39, 0.29) is 52.8 Å². The number of sulfonamides is 1. The Morgan fingerprint density at radius 3 is 2.00 bits per heavy atom. The van der Waals surface area contributed by atoms with Gasteiger partial charge in [0.15, 0.2) is 15.7 Å². The van der Waals surface area contributed by atoms with E-state index in [0.29, 0.717) is 35.1 Å². The van der Waals surface area contributed by atoms with Gasteiger partial charge < -0.3 is 15.2 Å². The number of aliphatic hydroxyl groups excluding tert-OH is 1. The van der Waals surface area contributed by atoms with E-state index < -0.39 is 48.9 Å². The minimum Gasteiger partial charge on any atom is -0.410 e. The molecule has 9 nitrogen and oxygen atoms in total. The maximum absolute atomic E-state index is 14.8. The highest BCUT2D eigenvalue weighted by atomic mass is 32.2. The van der Waals surface area contributed by atoms with Crippen molar-refractivity contribution >= 4 is 31.3 Å². The summed E-state index contributed by atoms with van der Waals surface area (Å²) in [6.07, 6.45) is 2.78. The highest BCUT2D eigenvalue weighted by molar-refractivity contribution is 7.92. The molecule has 1 heterocycles. The average Bonchev–Trinajstić information content (AvgIpc) is 3.33. The molecule has 0 atom stereocenters. The summed E-state index contributed by atoms with van der Waals surface area (Å²) in [7, 11) is -7.64. The highest BCUT2D eigenvalue weighted by Crippen LogP contribution is 2.42. The van der Waals surface area contributed by atoms with Gasteiger partial charge in [-0.2, -0.15) is 4.31 Å². The lowest BCUT2D eigenvalue weighted by Gasteiger charge is -2.35. The summed E-state index contributed by atoms with van der Waals surface area (Å²) in [6.45, 7) is 3.84. The van der Waals surface area contributed by atoms with Gasteiger partial charge in [-0.05, 0) is 78.6 Å². The molecule has 240 valence electrons. The van der Waals surface area contributed by atoms with E-state index in [9.17, 15) is 35.9 Å². The number of benzene rings is 3. The van der Waals surface area contributed by atoms with Gasteiger partial charge >= 0.3 is 0 Å². The minimum atomic E-state index is -4.01. The molecule has 1 aliphatic heterocycles. The molecular weight excluding hydrogens is 624 g/mol. The fourth-order valence-corrected chi connectivity index (χ4v) is 9.90. The number of rotatable bonds is 6. The van der Waals surface area contributed by atoms with Gasteiger partial charge in [0.2, 0.25) is 10.0 Å². The number of hydrogen-bond donors (Lipinski definition) is 2. The first kappa shape index (κ1) is 31.6. The molecule has 3 aromatic carbocycles. The minimum absolute atomic E-state index is 0.0307. The zero-order valence-electron chi connectivity index (χ0n) is 25.0. The van der Waals surface area contributed by atoms with E-state index in [1.807, 2.05) is 0 Å². The third kappa shape index (κ3) is 5.43. The first-order chi connectivity index (χ1) is 21.3. The second kappa shape index (κ2) is 11.4. The second-order valence-corrected chi connectivity index (χ2v) is 16.8. The number of oxime groups is 1. The van der Waals surface area contributed by atoms with Crippen molar-refractivity contribution in [3.05, 3.63) is 76.9 Å². The molecule has 1 saturated carbocycles. The van der Waals surface area contributed by atoms with Gasteiger partial charge in [-0.3, -0.25) is 0 Å². The summed E-state index contributed by atoms with van der Waals surface area (Å²) in [4.78, 5) is 1.72. The van der Waals surface area contributed by atoms with Crippen LogP contribution in [-0.2, 0) is 26.5 Å². The zero-order chi connectivity index (χ0) is 32.3. The summed E-state index contributed by atoms with van der Waals surface area (Å²) in [5.74, 6) is -1.72. The molecule has 13 heteroatoms. The first-order valence-electron chi connectivity index (χ1n) is 14.9. The Labute approximate surface area is 261 Å². The van der Waals surface area contributed by atoms with Crippen LogP contribution in [0.5, 0.6) is 0 Å². The molecule has 0 unspecified atom stereocenters. The fraction of sp³-hybridized carbons (Fsp3) is 0.406. The number of hydrogen-bond acceptors (Lipinski definition) is 8. The predicted octanol–water partition coefficient (Wildman–Crippen LogP) is 4.92. The van der Waals surface area contributed by atoms with Gasteiger partial charge in [0.05, 0.1) is 32.9 Å². The summed E-state index contributed by atoms with van der Waals surface area (Å²) in [5, 5.41) is 22.3. The number of piperazine rings is 1. The predicted molar refractivity (Wildman–Crippen MR) is 166 cm³/mol. The van der Waals surface area contributed by atoms with Crippen molar-refractivity contribution < 1.29 is 35.9 Å². The molecule has 2 N–H and O–H groups in total. The van der Waals surface area contributed by atoms with Crippen LogP contribution in [0, 0.1) is 17.0 Å². The van der Waals surface area contributed by atoms with Crippen LogP contribution in [0.25, 0.3) is 11.1 Å². The fourth-order valence-electron chi connectivity index (χ4n) is 6.67. The van der Waals surface area contributed by atoms with Crippen molar-refractivity contribution in [3.63, 3.8) is 0 Å². The lowest BCUT2D eigenvalue weighted by molar-refractivity contribution is 0.246. The van der Waals surface area contributed by atoms with Gasteiger partial charge in [-0.25, -0.2) is 25.6 Å². The molecule has 1 saturated heterocycles. The van der Waals surface area contributed by atoms with Crippen molar-refractivity contribution in [2.45, 2.75) is 61.2 Å². The van der Waals surface area contributed by atoms with Crippen LogP contribution < -0.4 is 4.90 Å². The third-order valence-corrected chi connectivity index (χ3v) is 13.6. The Balaban J connectivity index is 1.23. The molecule has 3 aliphatic rings. The summed E-state index contributed by atoms with van der Waals surface area (Å²) >= 11 is 0. The van der Waals surface area contributed by atoms with Crippen LogP contribution in [0.3, 0.4) is 0 Å². The smallest absolute Gasteiger partial charge is 0.243 e.